The third kappa shape index (κ3) is 2.27. The summed E-state index contributed by atoms with van der Waals surface area (Å²) in [5.74, 6) is 0. The second-order valence-electron chi connectivity index (χ2n) is 3.54. The number of rotatable bonds is 5. The summed E-state index contributed by atoms with van der Waals surface area (Å²) in [4.78, 5) is 5.62. The van der Waals surface area contributed by atoms with Crippen molar-refractivity contribution in [3.8, 4) is 0 Å². The largest absolute Gasteiger partial charge is 0.316 e. The van der Waals surface area contributed by atoms with Gasteiger partial charge in [0.25, 0.3) is 0 Å². The van der Waals surface area contributed by atoms with Gasteiger partial charge in [0.05, 0.1) is 5.69 Å². The first-order valence-corrected chi connectivity index (χ1v) is 5.90. The molecular weight excluding hydrogens is 206 g/mol. The van der Waals surface area contributed by atoms with Crippen molar-refractivity contribution in [1.29, 1.82) is 0 Å². The Balaban J connectivity index is 2.10. The Morgan fingerprint density at radius 3 is 3.27 bits per heavy atom. The van der Waals surface area contributed by atoms with E-state index >= 15 is 0 Å². The van der Waals surface area contributed by atoms with E-state index in [9.17, 15) is 0 Å². The van der Waals surface area contributed by atoms with Crippen molar-refractivity contribution in [3.63, 3.8) is 0 Å². The lowest BCUT2D eigenvalue weighted by Crippen LogP contribution is -2.26. The molecule has 1 unspecified atom stereocenters. The van der Waals surface area contributed by atoms with Crippen LogP contribution in [0.4, 0.5) is 0 Å². The van der Waals surface area contributed by atoms with Crippen LogP contribution in [0.15, 0.2) is 30.4 Å². The number of fused-ring (bicyclic) bond motifs is 1. The molecule has 0 aliphatic carbocycles. The van der Waals surface area contributed by atoms with E-state index in [2.05, 4.69) is 27.5 Å². The molecule has 15 heavy (non-hydrogen) atoms. The SMILES string of the molecule is C=CCC(Cc1cn2ccsc2n1)NC. The third-order valence-electron chi connectivity index (χ3n) is 2.46. The van der Waals surface area contributed by atoms with E-state index in [1.165, 1.54) is 0 Å². The molecule has 2 aromatic rings. The van der Waals surface area contributed by atoms with Crippen LogP contribution in [-0.2, 0) is 6.42 Å². The molecule has 0 spiro atoms. The highest BCUT2D eigenvalue weighted by atomic mass is 32.1. The van der Waals surface area contributed by atoms with E-state index in [0.29, 0.717) is 6.04 Å². The predicted octanol–water partition coefficient (Wildman–Crippen LogP) is 2.10. The van der Waals surface area contributed by atoms with Crippen molar-refractivity contribution in [2.45, 2.75) is 18.9 Å². The van der Waals surface area contributed by atoms with Crippen molar-refractivity contribution in [1.82, 2.24) is 14.7 Å². The van der Waals surface area contributed by atoms with Gasteiger partial charge in [0, 0.05) is 30.2 Å². The Labute approximate surface area is 93.5 Å². The molecule has 1 N–H and O–H groups in total. The van der Waals surface area contributed by atoms with Crippen molar-refractivity contribution < 1.29 is 0 Å². The molecule has 0 fully saturated rings. The number of thiazole rings is 1. The van der Waals surface area contributed by atoms with Gasteiger partial charge in [-0.15, -0.1) is 17.9 Å². The maximum atomic E-state index is 4.55. The molecular formula is C11H15N3S. The maximum absolute atomic E-state index is 4.55. The van der Waals surface area contributed by atoms with Crippen LogP contribution in [0.2, 0.25) is 0 Å². The van der Waals surface area contributed by atoms with E-state index in [1.54, 1.807) is 11.3 Å². The lowest BCUT2D eigenvalue weighted by molar-refractivity contribution is 0.561. The summed E-state index contributed by atoms with van der Waals surface area (Å²) in [5.41, 5.74) is 1.14. The second-order valence-corrected chi connectivity index (χ2v) is 4.41. The fourth-order valence-corrected chi connectivity index (χ4v) is 2.35. The first-order chi connectivity index (χ1) is 7.33. The van der Waals surface area contributed by atoms with Crippen LogP contribution in [-0.4, -0.2) is 22.5 Å². The van der Waals surface area contributed by atoms with Gasteiger partial charge in [-0.3, -0.25) is 4.40 Å². The molecule has 80 valence electrons. The Morgan fingerprint density at radius 1 is 1.73 bits per heavy atom. The van der Waals surface area contributed by atoms with Gasteiger partial charge in [0.1, 0.15) is 0 Å². The van der Waals surface area contributed by atoms with Crippen molar-refractivity contribution in [2.24, 2.45) is 0 Å². The number of nitrogens with zero attached hydrogens (tertiary/aromatic N) is 2. The summed E-state index contributed by atoms with van der Waals surface area (Å²) in [6, 6.07) is 0.437. The summed E-state index contributed by atoms with van der Waals surface area (Å²) in [7, 11) is 1.98. The molecule has 0 saturated carbocycles. The molecule has 0 aromatic carbocycles. The zero-order chi connectivity index (χ0) is 10.7. The van der Waals surface area contributed by atoms with Crippen LogP contribution in [0.3, 0.4) is 0 Å². The van der Waals surface area contributed by atoms with Gasteiger partial charge >= 0.3 is 0 Å². The standard InChI is InChI=1S/C11H15N3S/c1-3-4-9(12-2)7-10-8-14-5-6-15-11(14)13-10/h3,5-6,8-9,12H,1,4,7H2,2H3. The molecule has 4 heteroatoms. The summed E-state index contributed by atoms with van der Waals surface area (Å²) in [5, 5.41) is 5.32. The number of nitrogens with one attached hydrogen (secondary N) is 1. The monoisotopic (exact) mass is 221 g/mol. The van der Waals surface area contributed by atoms with E-state index < -0.39 is 0 Å². The first-order valence-electron chi connectivity index (χ1n) is 5.02. The fraction of sp³-hybridized carbons (Fsp3) is 0.364. The van der Waals surface area contributed by atoms with Gasteiger partial charge in [-0.05, 0) is 13.5 Å². The highest BCUT2D eigenvalue weighted by molar-refractivity contribution is 7.15. The summed E-state index contributed by atoms with van der Waals surface area (Å²) < 4.78 is 2.07. The molecule has 0 amide bonds. The van der Waals surface area contributed by atoms with Crippen LogP contribution in [0.25, 0.3) is 4.96 Å². The van der Waals surface area contributed by atoms with Crippen molar-refractivity contribution >= 4 is 16.3 Å². The van der Waals surface area contributed by atoms with Crippen molar-refractivity contribution in [2.75, 3.05) is 7.05 Å². The lowest BCUT2D eigenvalue weighted by Gasteiger charge is -2.11. The van der Waals surface area contributed by atoms with Gasteiger partial charge < -0.3 is 5.32 Å². The van der Waals surface area contributed by atoms with Gasteiger partial charge in [-0.2, -0.15) is 0 Å². The lowest BCUT2D eigenvalue weighted by atomic mass is 10.1. The number of hydrogen-bond acceptors (Lipinski definition) is 3. The van der Waals surface area contributed by atoms with Crippen LogP contribution in [0.1, 0.15) is 12.1 Å². The Kier molecular flexibility index (Phi) is 3.18. The molecule has 0 aliphatic rings. The van der Waals surface area contributed by atoms with E-state index in [4.69, 9.17) is 0 Å². The van der Waals surface area contributed by atoms with Crippen LogP contribution < -0.4 is 5.32 Å². The molecule has 2 aromatic heterocycles. The third-order valence-corrected chi connectivity index (χ3v) is 3.23. The molecule has 1 atom stereocenters. The zero-order valence-corrected chi connectivity index (χ0v) is 9.63. The molecule has 0 saturated heterocycles. The summed E-state index contributed by atoms with van der Waals surface area (Å²) >= 11 is 1.67. The van der Waals surface area contributed by atoms with Gasteiger partial charge in [-0.1, -0.05) is 6.08 Å². The fourth-order valence-electron chi connectivity index (χ4n) is 1.63. The van der Waals surface area contributed by atoms with Gasteiger partial charge in [0.15, 0.2) is 4.96 Å². The second kappa shape index (κ2) is 4.59. The van der Waals surface area contributed by atoms with Gasteiger partial charge in [-0.25, -0.2) is 4.98 Å². The Bertz CT molecular complexity index is 415. The normalized spacial score (nSPS) is 13.1. The minimum atomic E-state index is 0.437. The summed E-state index contributed by atoms with van der Waals surface area (Å²) in [6.07, 6.45) is 8.01. The van der Waals surface area contributed by atoms with E-state index in [1.807, 2.05) is 24.7 Å². The molecule has 2 heterocycles. The maximum Gasteiger partial charge on any atom is 0.193 e. The average Bonchev–Trinajstić information content (AvgIpc) is 2.77. The summed E-state index contributed by atoms with van der Waals surface area (Å²) in [6.45, 7) is 3.76. The molecule has 3 nitrogen and oxygen atoms in total. The topological polar surface area (TPSA) is 29.3 Å². The minimum Gasteiger partial charge on any atom is -0.316 e. The zero-order valence-electron chi connectivity index (χ0n) is 8.81. The minimum absolute atomic E-state index is 0.437. The predicted molar refractivity (Wildman–Crippen MR) is 64.4 cm³/mol. The number of hydrogen-bond donors (Lipinski definition) is 1. The number of aromatic nitrogens is 2. The first kappa shape index (κ1) is 10.4. The smallest absolute Gasteiger partial charge is 0.193 e. The number of imidazole rings is 1. The molecule has 0 aliphatic heterocycles. The molecule has 2 rings (SSSR count). The quantitative estimate of drug-likeness (QED) is 0.783. The Hall–Kier alpha value is -1.13. The van der Waals surface area contributed by atoms with E-state index in [0.717, 1.165) is 23.5 Å². The Morgan fingerprint density at radius 2 is 2.60 bits per heavy atom. The van der Waals surface area contributed by atoms with Crippen molar-refractivity contribution in [3.05, 3.63) is 36.1 Å². The van der Waals surface area contributed by atoms with Gasteiger partial charge in [0.2, 0.25) is 0 Å². The van der Waals surface area contributed by atoms with Crippen LogP contribution in [0.5, 0.6) is 0 Å². The molecule has 0 radical (unpaired) electrons. The highest BCUT2D eigenvalue weighted by Gasteiger charge is 2.08. The van der Waals surface area contributed by atoms with Crippen LogP contribution in [0, 0.1) is 0 Å². The average molecular weight is 221 g/mol. The van der Waals surface area contributed by atoms with Crippen LogP contribution >= 0.6 is 11.3 Å². The van der Waals surface area contributed by atoms with E-state index in [-0.39, 0.29) is 0 Å². The number of likely N-dealkylation sites (N-methyl/N-ethyl adjacent to an activating group) is 1. The highest BCUT2D eigenvalue weighted by Crippen LogP contribution is 2.13. The molecule has 0 bridgehead atoms.